The molecule has 3 aliphatic carbocycles. The van der Waals surface area contributed by atoms with Crippen LogP contribution in [-0.4, -0.2) is 42.2 Å². The van der Waals surface area contributed by atoms with E-state index in [9.17, 15) is 8.78 Å². The van der Waals surface area contributed by atoms with Crippen molar-refractivity contribution in [2.75, 3.05) is 6.61 Å². The van der Waals surface area contributed by atoms with Gasteiger partial charge < -0.3 is 4.74 Å². The van der Waals surface area contributed by atoms with Crippen molar-refractivity contribution in [3.63, 3.8) is 0 Å². The number of hydrogen-bond acceptors (Lipinski definition) is 6. The number of ether oxygens (including phenoxy) is 1. The highest BCUT2D eigenvalue weighted by Gasteiger charge is 2.62. The van der Waals surface area contributed by atoms with E-state index in [1.807, 2.05) is 24.7 Å². The predicted octanol–water partition coefficient (Wildman–Crippen LogP) is 5.41. The molecule has 0 saturated heterocycles. The molecule has 1 unspecified atom stereocenters. The van der Waals surface area contributed by atoms with Crippen molar-refractivity contribution in [1.82, 2.24) is 29.7 Å². The third-order valence-corrected chi connectivity index (χ3v) is 8.16. The van der Waals surface area contributed by atoms with E-state index < -0.39 is 5.92 Å². The topological polar surface area (TPSA) is 78.6 Å². The van der Waals surface area contributed by atoms with Gasteiger partial charge in [0.25, 0.3) is 0 Å². The summed E-state index contributed by atoms with van der Waals surface area (Å²) in [6.45, 7) is 4.43. The molecular weight excluding hydrogens is 450 g/mol. The molecule has 1 spiro atoms. The molecule has 4 aliphatic rings. The number of fused-ring (bicyclic) bond motifs is 1. The summed E-state index contributed by atoms with van der Waals surface area (Å²) in [4.78, 5) is 19.3. The van der Waals surface area contributed by atoms with E-state index in [1.54, 1.807) is 0 Å². The first kappa shape index (κ1) is 21.5. The molecule has 4 heterocycles. The van der Waals surface area contributed by atoms with Crippen molar-refractivity contribution in [3.8, 4) is 0 Å². The average molecular weight is 479 g/mol. The Balaban J connectivity index is 1.25. The van der Waals surface area contributed by atoms with Gasteiger partial charge in [-0.15, -0.1) is 0 Å². The molecule has 0 N–H and O–H groups in total. The quantitative estimate of drug-likeness (QED) is 0.499. The molecule has 3 aromatic rings. The fourth-order valence-electron chi connectivity index (χ4n) is 6.10. The fourth-order valence-corrected chi connectivity index (χ4v) is 6.10. The summed E-state index contributed by atoms with van der Waals surface area (Å²) >= 11 is 0. The van der Waals surface area contributed by atoms with Gasteiger partial charge in [0.05, 0.1) is 35.9 Å². The maximum Gasteiger partial charge on any atom is 0.249 e. The zero-order valence-electron chi connectivity index (χ0n) is 20.0. The molecule has 7 nitrogen and oxygen atoms in total. The van der Waals surface area contributed by atoms with E-state index in [0.29, 0.717) is 36.1 Å². The Morgan fingerprint density at radius 1 is 1.03 bits per heavy atom. The number of rotatable bonds is 4. The summed E-state index contributed by atoms with van der Waals surface area (Å²) in [6.07, 6.45) is 10.4. The van der Waals surface area contributed by atoms with E-state index in [2.05, 4.69) is 17.4 Å². The molecular formula is C26H28F2N6O. The number of hydrogen-bond donors (Lipinski definition) is 0. The van der Waals surface area contributed by atoms with Gasteiger partial charge in [-0.1, -0.05) is 0 Å². The van der Waals surface area contributed by atoms with Crippen LogP contribution in [0.4, 0.5) is 8.78 Å². The van der Waals surface area contributed by atoms with E-state index >= 15 is 0 Å². The van der Waals surface area contributed by atoms with E-state index in [0.717, 1.165) is 41.1 Å². The largest absolute Gasteiger partial charge is 0.369 e. The Labute approximate surface area is 202 Å². The molecule has 1 aliphatic heterocycles. The predicted molar refractivity (Wildman–Crippen MR) is 125 cm³/mol. The second-order valence-corrected chi connectivity index (χ2v) is 11.0. The monoisotopic (exact) mass is 478 g/mol. The Kier molecular flexibility index (Phi) is 4.51. The maximum absolute atomic E-state index is 13.6. The van der Waals surface area contributed by atoms with Gasteiger partial charge in [-0.25, -0.2) is 28.7 Å². The van der Waals surface area contributed by atoms with E-state index in [4.69, 9.17) is 24.7 Å². The van der Waals surface area contributed by atoms with Crippen LogP contribution < -0.4 is 0 Å². The smallest absolute Gasteiger partial charge is 0.249 e. The third-order valence-electron chi connectivity index (χ3n) is 8.16. The van der Waals surface area contributed by atoms with Crippen molar-refractivity contribution >= 4 is 16.7 Å². The summed E-state index contributed by atoms with van der Waals surface area (Å²) in [7, 11) is 0. The lowest BCUT2D eigenvalue weighted by Crippen LogP contribution is -2.53. The highest BCUT2D eigenvalue weighted by Crippen LogP contribution is 2.67. The first-order valence-electron chi connectivity index (χ1n) is 12.6. The Morgan fingerprint density at radius 3 is 2.54 bits per heavy atom. The van der Waals surface area contributed by atoms with Crippen LogP contribution in [0.25, 0.3) is 16.7 Å². The normalized spacial score (nSPS) is 25.4. The standard InChI is InChI=1S/C26H28F2N6O/c1-14-15(2)31-24-22(30-14)21(17-8-25(9-17)12-26(27,28)13-25)32-23(33-24)16-5-6-35-20(7-16)18-10-29-34(11-18)19-3-4-19/h7,10-11,17,19-20H,3-6,8-9,12-13H2,1-2H3. The van der Waals surface area contributed by atoms with E-state index in [1.165, 1.54) is 12.8 Å². The van der Waals surface area contributed by atoms with Crippen LogP contribution in [0.2, 0.25) is 0 Å². The van der Waals surface area contributed by atoms with Crippen molar-refractivity contribution in [3.05, 3.63) is 46.9 Å². The second-order valence-electron chi connectivity index (χ2n) is 11.0. The Morgan fingerprint density at radius 2 is 1.80 bits per heavy atom. The Bertz CT molecular complexity index is 1360. The molecule has 0 bridgehead atoms. The minimum Gasteiger partial charge on any atom is -0.369 e. The van der Waals surface area contributed by atoms with Crippen molar-refractivity contribution < 1.29 is 13.5 Å². The van der Waals surface area contributed by atoms with Crippen LogP contribution >= 0.6 is 0 Å². The molecule has 1 atom stereocenters. The molecule has 3 saturated carbocycles. The van der Waals surface area contributed by atoms with Gasteiger partial charge in [-0.05, 0) is 63.0 Å². The lowest BCUT2D eigenvalue weighted by molar-refractivity contribution is -0.196. The number of aromatic nitrogens is 6. The molecule has 3 fully saturated rings. The summed E-state index contributed by atoms with van der Waals surface area (Å²) in [5.41, 5.74) is 5.65. The zero-order valence-corrected chi connectivity index (χ0v) is 20.0. The summed E-state index contributed by atoms with van der Waals surface area (Å²) in [6, 6.07) is 0.522. The summed E-state index contributed by atoms with van der Waals surface area (Å²) < 4.78 is 35.3. The molecule has 0 amide bonds. The highest BCUT2D eigenvalue weighted by molar-refractivity contribution is 5.76. The summed E-state index contributed by atoms with van der Waals surface area (Å²) in [5, 5.41) is 4.51. The first-order chi connectivity index (χ1) is 16.8. The zero-order chi connectivity index (χ0) is 23.9. The van der Waals surface area contributed by atoms with Crippen molar-refractivity contribution in [1.29, 1.82) is 0 Å². The highest BCUT2D eigenvalue weighted by atomic mass is 19.3. The maximum atomic E-state index is 13.6. The molecule has 0 aromatic carbocycles. The molecule has 0 radical (unpaired) electrons. The van der Waals surface area contributed by atoms with Gasteiger partial charge in [-0.2, -0.15) is 5.10 Å². The SMILES string of the molecule is Cc1nc2nc(C3=CC(c4cnn(C5CC5)c4)OCC3)nc(C3CC4(C3)CC(F)(F)C4)c2nc1C. The first-order valence-corrected chi connectivity index (χ1v) is 12.6. The average Bonchev–Trinajstić information content (AvgIpc) is 3.52. The molecule has 182 valence electrons. The minimum absolute atomic E-state index is 0.00506. The van der Waals surface area contributed by atoms with Gasteiger partial charge in [-0.3, -0.25) is 4.68 Å². The molecule has 3 aromatic heterocycles. The van der Waals surface area contributed by atoms with Gasteiger partial charge >= 0.3 is 0 Å². The van der Waals surface area contributed by atoms with Gasteiger partial charge in [0.1, 0.15) is 11.6 Å². The molecule has 35 heavy (non-hydrogen) atoms. The van der Waals surface area contributed by atoms with Crippen LogP contribution in [0.15, 0.2) is 18.5 Å². The number of halogens is 2. The van der Waals surface area contributed by atoms with Gasteiger partial charge in [0.15, 0.2) is 11.5 Å². The van der Waals surface area contributed by atoms with Crippen molar-refractivity contribution in [2.24, 2.45) is 5.41 Å². The van der Waals surface area contributed by atoms with E-state index in [-0.39, 0.29) is 30.3 Å². The lowest BCUT2D eigenvalue weighted by atomic mass is 9.49. The minimum atomic E-state index is -2.51. The molecule has 9 heteroatoms. The number of nitrogens with zero attached hydrogens (tertiary/aromatic N) is 6. The van der Waals surface area contributed by atoms with Crippen molar-refractivity contribution in [2.45, 2.75) is 82.8 Å². The summed E-state index contributed by atoms with van der Waals surface area (Å²) in [5.74, 6) is -1.75. The van der Waals surface area contributed by atoms with Crippen LogP contribution in [0, 0.1) is 19.3 Å². The van der Waals surface area contributed by atoms with Gasteiger partial charge in [0.2, 0.25) is 5.92 Å². The van der Waals surface area contributed by atoms with Gasteiger partial charge in [0, 0.05) is 30.5 Å². The Hall–Kier alpha value is -2.81. The number of alkyl halides is 2. The molecule has 7 rings (SSSR count). The van der Waals surface area contributed by atoms with Crippen LogP contribution in [0.1, 0.15) is 91.5 Å². The second kappa shape index (κ2) is 7.35. The van der Waals surface area contributed by atoms with Crippen LogP contribution in [-0.2, 0) is 4.74 Å². The lowest BCUT2D eigenvalue weighted by Gasteiger charge is -2.57. The fraction of sp³-hybridized carbons (Fsp3) is 0.577. The third kappa shape index (κ3) is 3.66. The van der Waals surface area contributed by atoms with Crippen LogP contribution in [0.3, 0.4) is 0 Å². The van der Waals surface area contributed by atoms with Crippen LogP contribution in [0.5, 0.6) is 0 Å². The number of aryl methyl sites for hydroxylation is 2.